The third-order valence-corrected chi connectivity index (χ3v) is 3.17. The van der Waals surface area contributed by atoms with Gasteiger partial charge in [0.2, 0.25) is 5.82 Å². The molecule has 3 rings (SSSR count). The Morgan fingerprint density at radius 3 is 2.88 bits per heavy atom. The summed E-state index contributed by atoms with van der Waals surface area (Å²) in [6, 6.07) is 4.00. The van der Waals surface area contributed by atoms with Crippen LogP contribution in [0.5, 0.6) is 0 Å². The Kier molecular flexibility index (Phi) is 2.41. The molecule has 0 bridgehead atoms. The van der Waals surface area contributed by atoms with E-state index >= 15 is 0 Å². The zero-order valence-electron chi connectivity index (χ0n) is 8.99. The molecule has 3 aromatic rings. The second-order valence-electron chi connectivity index (χ2n) is 3.42. The third-order valence-electron chi connectivity index (χ3n) is 2.17. The lowest BCUT2D eigenvalue weighted by Gasteiger charge is -1.88. The van der Waals surface area contributed by atoms with Crippen LogP contribution in [0.25, 0.3) is 22.3 Å². The van der Waals surface area contributed by atoms with E-state index in [4.69, 9.17) is 4.52 Å². The average Bonchev–Trinajstić information content (AvgIpc) is 2.98. The fourth-order valence-electron chi connectivity index (χ4n) is 1.39. The molecule has 0 amide bonds. The molecule has 0 aliphatic carbocycles. The van der Waals surface area contributed by atoms with Gasteiger partial charge in [0, 0.05) is 17.3 Å². The summed E-state index contributed by atoms with van der Waals surface area (Å²) in [5, 5.41) is 3.93. The van der Waals surface area contributed by atoms with Gasteiger partial charge in [-0.25, -0.2) is 4.98 Å². The number of hydrogen-bond donors (Lipinski definition) is 0. The molecule has 0 spiro atoms. The maximum absolute atomic E-state index is 5.16. The molecule has 0 aliphatic rings. The van der Waals surface area contributed by atoms with Crippen molar-refractivity contribution in [2.75, 3.05) is 0 Å². The van der Waals surface area contributed by atoms with Gasteiger partial charge < -0.3 is 4.52 Å². The topological polar surface area (TPSA) is 64.7 Å². The van der Waals surface area contributed by atoms with E-state index in [0.717, 1.165) is 4.88 Å². The summed E-state index contributed by atoms with van der Waals surface area (Å²) in [7, 11) is 0. The van der Waals surface area contributed by atoms with Crippen LogP contribution in [0.2, 0.25) is 0 Å². The fraction of sp³-hybridized carbons (Fsp3) is 0.0909. The highest BCUT2D eigenvalue weighted by molar-refractivity contribution is 7.15. The Balaban J connectivity index is 1.99. The lowest BCUT2D eigenvalue weighted by molar-refractivity contribution is 0.431. The minimum absolute atomic E-state index is 0.388. The first kappa shape index (κ1) is 10.1. The zero-order valence-corrected chi connectivity index (χ0v) is 9.81. The standard InChI is InChI=1S/C11H8N4OS/c1-7-2-3-9(17-7)10-14-11(16-15-10)8-6-12-4-5-13-8/h2-6H,1H3. The van der Waals surface area contributed by atoms with Crippen molar-refractivity contribution in [2.45, 2.75) is 6.92 Å². The summed E-state index contributed by atoms with van der Waals surface area (Å²) >= 11 is 1.63. The van der Waals surface area contributed by atoms with Crippen molar-refractivity contribution in [1.82, 2.24) is 20.1 Å². The Bertz CT molecular complexity index is 632. The van der Waals surface area contributed by atoms with Crippen molar-refractivity contribution in [1.29, 1.82) is 0 Å². The van der Waals surface area contributed by atoms with E-state index in [1.807, 2.05) is 19.1 Å². The van der Waals surface area contributed by atoms with E-state index in [-0.39, 0.29) is 0 Å². The second kappa shape index (κ2) is 4.06. The van der Waals surface area contributed by atoms with E-state index in [9.17, 15) is 0 Å². The van der Waals surface area contributed by atoms with Crippen LogP contribution in [0, 0.1) is 6.92 Å². The predicted molar refractivity (Wildman–Crippen MR) is 63.4 cm³/mol. The van der Waals surface area contributed by atoms with Crippen molar-refractivity contribution in [3.05, 3.63) is 35.6 Å². The Morgan fingerprint density at radius 2 is 2.18 bits per heavy atom. The molecule has 84 valence electrons. The lowest BCUT2D eigenvalue weighted by atomic mass is 10.4. The molecule has 17 heavy (non-hydrogen) atoms. The molecule has 0 saturated carbocycles. The number of rotatable bonds is 2. The molecule has 0 saturated heterocycles. The van der Waals surface area contributed by atoms with Crippen LogP contribution in [0.4, 0.5) is 0 Å². The molecular weight excluding hydrogens is 236 g/mol. The predicted octanol–water partition coefficient (Wildman–Crippen LogP) is 2.56. The maximum atomic E-state index is 5.16. The van der Waals surface area contributed by atoms with Gasteiger partial charge in [-0.2, -0.15) is 4.98 Å². The summed E-state index contributed by atoms with van der Waals surface area (Å²) in [5.41, 5.74) is 0.583. The van der Waals surface area contributed by atoms with Crippen LogP contribution in [-0.4, -0.2) is 20.1 Å². The molecule has 0 fully saturated rings. The highest BCUT2D eigenvalue weighted by Crippen LogP contribution is 2.26. The number of aromatic nitrogens is 4. The van der Waals surface area contributed by atoms with Gasteiger partial charge in [-0.1, -0.05) is 5.16 Å². The maximum Gasteiger partial charge on any atom is 0.278 e. The molecule has 0 aromatic carbocycles. The molecule has 0 N–H and O–H groups in total. The molecule has 3 aromatic heterocycles. The normalized spacial score (nSPS) is 10.6. The van der Waals surface area contributed by atoms with Crippen LogP contribution in [0.3, 0.4) is 0 Å². The molecule has 0 atom stereocenters. The Morgan fingerprint density at radius 1 is 1.24 bits per heavy atom. The largest absolute Gasteiger partial charge is 0.332 e. The van der Waals surface area contributed by atoms with E-state index in [1.165, 1.54) is 4.88 Å². The summed E-state index contributed by atoms with van der Waals surface area (Å²) in [6.07, 6.45) is 4.79. The number of aryl methyl sites for hydroxylation is 1. The number of nitrogens with zero attached hydrogens (tertiary/aromatic N) is 4. The highest BCUT2D eigenvalue weighted by atomic mass is 32.1. The highest BCUT2D eigenvalue weighted by Gasteiger charge is 2.12. The van der Waals surface area contributed by atoms with Crippen LogP contribution in [0.15, 0.2) is 35.2 Å². The average molecular weight is 244 g/mol. The molecule has 3 heterocycles. The molecule has 0 aliphatic heterocycles. The van der Waals surface area contributed by atoms with Gasteiger partial charge in [0.1, 0.15) is 5.69 Å². The molecule has 6 heteroatoms. The summed E-state index contributed by atoms with van der Waals surface area (Å²) in [6.45, 7) is 2.04. The van der Waals surface area contributed by atoms with Crippen molar-refractivity contribution < 1.29 is 4.52 Å². The van der Waals surface area contributed by atoms with Crippen molar-refractivity contribution in [3.8, 4) is 22.3 Å². The number of thiophene rings is 1. The van der Waals surface area contributed by atoms with Gasteiger partial charge in [0.25, 0.3) is 5.89 Å². The summed E-state index contributed by atoms with van der Waals surface area (Å²) in [4.78, 5) is 14.6. The molecule has 0 unspecified atom stereocenters. The first-order valence-corrected chi connectivity index (χ1v) is 5.81. The van der Waals surface area contributed by atoms with Crippen LogP contribution in [-0.2, 0) is 0 Å². The SMILES string of the molecule is Cc1ccc(-c2noc(-c3cnccn3)n2)s1. The number of hydrogen-bond acceptors (Lipinski definition) is 6. The molecule has 5 nitrogen and oxygen atoms in total. The minimum Gasteiger partial charge on any atom is -0.332 e. The summed E-state index contributed by atoms with van der Waals surface area (Å²) in [5.74, 6) is 0.975. The van der Waals surface area contributed by atoms with Gasteiger partial charge >= 0.3 is 0 Å². The first-order valence-electron chi connectivity index (χ1n) is 5.00. The van der Waals surface area contributed by atoms with Crippen molar-refractivity contribution in [2.24, 2.45) is 0 Å². The third kappa shape index (κ3) is 1.94. The van der Waals surface area contributed by atoms with Crippen LogP contribution in [0.1, 0.15) is 4.88 Å². The second-order valence-corrected chi connectivity index (χ2v) is 4.71. The van der Waals surface area contributed by atoms with Crippen LogP contribution < -0.4 is 0 Å². The zero-order chi connectivity index (χ0) is 11.7. The summed E-state index contributed by atoms with van der Waals surface area (Å²) < 4.78 is 5.16. The lowest BCUT2D eigenvalue weighted by Crippen LogP contribution is -1.83. The van der Waals surface area contributed by atoms with Gasteiger partial charge in [-0.05, 0) is 19.1 Å². The minimum atomic E-state index is 0.388. The Labute approximate surface area is 101 Å². The quantitative estimate of drug-likeness (QED) is 0.693. The fourth-order valence-corrected chi connectivity index (χ4v) is 2.19. The van der Waals surface area contributed by atoms with Gasteiger partial charge in [-0.15, -0.1) is 11.3 Å². The smallest absolute Gasteiger partial charge is 0.278 e. The van der Waals surface area contributed by atoms with Crippen molar-refractivity contribution in [3.63, 3.8) is 0 Å². The first-order chi connectivity index (χ1) is 8.33. The van der Waals surface area contributed by atoms with E-state index in [1.54, 1.807) is 29.9 Å². The molecule has 0 radical (unpaired) electrons. The molecular formula is C11H8N4OS. The van der Waals surface area contributed by atoms with Gasteiger partial charge in [0.15, 0.2) is 0 Å². The monoisotopic (exact) mass is 244 g/mol. The van der Waals surface area contributed by atoms with E-state index in [0.29, 0.717) is 17.4 Å². The van der Waals surface area contributed by atoms with Crippen LogP contribution >= 0.6 is 11.3 Å². The van der Waals surface area contributed by atoms with E-state index < -0.39 is 0 Å². The van der Waals surface area contributed by atoms with Gasteiger partial charge in [0.05, 0.1) is 11.1 Å². The van der Waals surface area contributed by atoms with Gasteiger partial charge in [-0.3, -0.25) is 4.98 Å². The van der Waals surface area contributed by atoms with E-state index in [2.05, 4.69) is 20.1 Å². The van der Waals surface area contributed by atoms with Crippen molar-refractivity contribution >= 4 is 11.3 Å². The Hall–Kier alpha value is -2.08.